The zero-order valence-corrected chi connectivity index (χ0v) is 15.7. The van der Waals surface area contributed by atoms with E-state index < -0.39 is 0 Å². The number of rotatable bonds is 8. The van der Waals surface area contributed by atoms with Crippen LogP contribution in [0.25, 0.3) is 0 Å². The van der Waals surface area contributed by atoms with Crippen LogP contribution in [0, 0.1) is 0 Å². The van der Waals surface area contributed by atoms with Crippen molar-refractivity contribution in [3.63, 3.8) is 0 Å². The van der Waals surface area contributed by atoms with Crippen molar-refractivity contribution in [2.45, 2.75) is 6.42 Å². The van der Waals surface area contributed by atoms with Gasteiger partial charge in [-0.25, -0.2) is 0 Å². The summed E-state index contributed by atoms with van der Waals surface area (Å²) in [6.07, 6.45) is 0.632. The Hall–Kier alpha value is -2.73. The molecule has 0 atom stereocenters. The Kier molecular flexibility index (Phi) is 7.29. The molecule has 1 amide bonds. The van der Waals surface area contributed by atoms with Crippen LogP contribution < -0.4 is 14.8 Å². The molecule has 7 heteroatoms. The van der Waals surface area contributed by atoms with Crippen molar-refractivity contribution in [3.8, 4) is 11.5 Å². The lowest BCUT2D eigenvalue weighted by Crippen LogP contribution is -2.33. The molecular weight excluding hydrogens is 356 g/mol. The number of nitrogens with one attached hydrogen (secondary N) is 1. The highest BCUT2D eigenvalue weighted by molar-refractivity contribution is 6.45. The summed E-state index contributed by atoms with van der Waals surface area (Å²) in [4.78, 5) is 17.2. The molecule has 0 aromatic heterocycles. The lowest BCUT2D eigenvalue weighted by molar-refractivity contribution is -0.114. The first-order valence-corrected chi connectivity index (χ1v) is 8.33. The lowest BCUT2D eigenvalue weighted by atomic mass is 10.1. The number of benzene rings is 2. The summed E-state index contributed by atoms with van der Waals surface area (Å²) >= 11 is 5.88. The largest absolute Gasteiger partial charge is 0.493 e. The molecule has 0 unspecified atom stereocenters. The molecule has 138 valence electrons. The number of methoxy groups -OCH3 is 2. The molecule has 1 N–H and O–H groups in total. The van der Waals surface area contributed by atoms with E-state index in [1.807, 2.05) is 18.2 Å². The predicted molar refractivity (Wildman–Crippen MR) is 101 cm³/mol. The number of hydrogen-bond donors (Lipinski definition) is 1. The van der Waals surface area contributed by atoms with Gasteiger partial charge in [-0.1, -0.05) is 35.0 Å². The molecule has 0 bridgehead atoms. The number of halogens is 1. The molecule has 0 saturated carbocycles. The van der Waals surface area contributed by atoms with Gasteiger partial charge in [-0.15, -0.1) is 0 Å². The number of nitrogens with zero attached hydrogens (tertiary/aromatic N) is 1. The number of carbonyl (C=O) groups excluding carboxylic acids is 1. The molecule has 0 aliphatic carbocycles. The maximum Gasteiger partial charge on any atom is 0.273 e. The molecule has 0 saturated heterocycles. The Balaban J connectivity index is 2.00. The standard InChI is InChI=1S/C19H21ClN2O4/c1-24-16-9-4-13(12-17(16)25-2)10-11-21-19(23)18(22-26-3)14-5-7-15(20)8-6-14/h4-9,12H,10-11H2,1-3H3,(H,21,23)/b22-18+. The van der Waals surface area contributed by atoms with Gasteiger partial charge in [-0.05, 0) is 36.2 Å². The highest BCUT2D eigenvalue weighted by atomic mass is 35.5. The van der Waals surface area contributed by atoms with Crippen LogP contribution in [0.2, 0.25) is 5.02 Å². The molecule has 2 aromatic rings. The Morgan fingerprint density at radius 2 is 1.73 bits per heavy atom. The maximum absolute atomic E-state index is 12.4. The summed E-state index contributed by atoms with van der Waals surface area (Å²) in [7, 11) is 4.57. The Labute approximate surface area is 157 Å². The number of hydrogen-bond acceptors (Lipinski definition) is 5. The highest BCUT2D eigenvalue weighted by Crippen LogP contribution is 2.27. The Morgan fingerprint density at radius 1 is 1.04 bits per heavy atom. The van der Waals surface area contributed by atoms with Crippen LogP contribution in [-0.4, -0.2) is 39.5 Å². The zero-order valence-electron chi connectivity index (χ0n) is 14.9. The van der Waals surface area contributed by atoms with E-state index in [1.54, 1.807) is 38.5 Å². The van der Waals surface area contributed by atoms with Crippen LogP contribution in [0.15, 0.2) is 47.6 Å². The van der Waals surface area contributed by atoms with E-state index in [0.29, 0.717) is 35.1 Å². The van der Waals surface area contributed by atoms with Gasteiger partial charge in [-0.2, -0.15) is 0 Å². The van der Waals surface area contributed by atoms with Gasteiger partial charge in [0.1, 0.15) is 7.11 Å². The fourth-order valence-electron chi connectivity index (χ4n) is 2.36. The lowest BCUT2D eigenvalue weighted by Gasteiger charge is -2.11. The van der Waals surface area contributed by atoms with Gasteiger partial charge in [0.15, 0.2) is 17.2 Å². The average Bonchev–Trinajstić information content (AvgIpc) is 2.66. The van der Waals surface area contributed by atoms with Gasteiger partial charge >= 0.3 is 0 Å². The van der Waals surface area contributed by atoms with Gasteiger partial charge in [0, 0.05) is 17.1 Å². The van der Waals surface area contributed by atoms with Crippen LogP contribution in [0.1, 0.15) is 11.1 Å². The van der Waals surface area contributed by atoms with Crippen molar-refractivity contribution in [1.29, 1.82) is 0 Å². The monoisotopic (exact) mass is 376 g/mol. The van der Waals surface area contributed by atoms with E-state index >= 15 is 0 Å². The molecule has 0 heterocycles. The maximum atomic E-state index is 12.4. The number of ether oxygens (including phenoxy) is 2. The van der Waals surface area contributed by atoms with E-state index in [1.165, 1.54) is 7.11 Å². The smallest absolute Gasteiger partial charge is 0.273 e. The second-order valence-corrected chi connectivity index (χ2v) is 5.76. The van der Waals surface area contributed by atoms with Crippen molar-refractivity contribution in [2.75, 3.05) is 27.9 Å². The number of carbonyl (C=O) groups is 1. The third-order valence-corrected chi connectivity index (χ3v) is 3.91. The molecule has 26 heavy (non-hydrogen) atoms. The van der Waals surface area contributed by atoms with Crippen LogP contribution in [0.3, 0.4) is 0 Å². The molecule has 0 aliphatic rings. The Morgan fingerprint density at radius 3 is 2.35 bits per heavy atom. The zero-order chi connectivity index (χ0) is 18.9. The van der Waals surface area contributed by atoms with Crippen molar-refractivity contribution < 1.29 is 19.1 Å². The summed E-state index contributed by atoms with van der Waals surface area (Å²) in [5.74, 6) is 0.992. The van der Waals surface area contributed by atoms with E-state index in [2.05, 4.69) is 10.5 Å². The first-order chi connectivity index (χ1) is 12.6. The molecule has 2 aromatic carbocycles. The topological polar surface area (TPSA) is 69.2 Å². The molecule has 0 radical (unpaired) electrons. The first kappa shape index (κ1) is 19.6. The van der Waals surface area contributed by atoms with E-state index in [0.717, 1.165) is 5.56 Å². The second kappa shape index (κ2) is 9.68. The SMILES string of the molecule is CO/N=C(/C(=O)NCCc1ccc(OC)c(OC)c1)c1ccc(Cl)cc1. The first-order valence-electron chi connectivity index (χ1n) is 7.95. The van der Waals surface area contributed by atoms with E-state index in [9.17, 15) is 4.79 Å². The minimum absolute atomic E-state index is 0.191. The summed E-state index contributed by atoms with van der Waals surface area (Å²) in [6.45, 7) is 0.435. The molecular formula is C19H21ClN2O4. The van der Waals surface area contributed by atoms with E-state index in [4.69, 9.17) is 25.9 Å². The summed E-state index contributed by atoms with van der Waals surface area (Å²) in [6, 6.07) is 12.5. The fourth-order valence-corrected chi connectivity index (χ4v) is 2.49. The van der Waals surface area contributed by atoms with Crippen molar-refractivity contribution >= 4 is 23.2 Å². The van der Waals surface area contributed by atoms with Crippen LogP contribution in [0.4, 0.5) is 0 Å². The van der Waals surface area contributed by atoms with Crippen LogP contribution >= 0.6 is 11.6 Å². The van der Waals surface area contributed by atoms with Crippen LogP contribution in [-0.2, 0) is 16.1 Å². The number of amides is 1. The summed E-state index contributed by atoms with van der Waals surface area (Å²) in [5.41, 5.74) is 1.83. The molecule has 6 nitrogen and oxygen atoms in total. The predicted octanol–water partition coefficient (Wildman–Crippen LogP) is 3.07. The molecule has 0 aliphatic heterocycles. The van der Waals surface area contributed by atoms with Crippen molar-refractivity contribution in [1.82, 2.24) is 5.32 Å². The van der Waals surface area contributed by atoms with Gasteiger partial charge < -0.3 is 19.6 Å². The average molecular weight is 377 g/mol. The molecule has 0 spiro atoms. The van der Waals surface area contributed by atoms with Crippen LogP contribution in [0.5, 0.6) is 11.5 Å². The summed E-state index contributed by atoms with van der Waals surface area (Å²) < 4.78 is 10.5. The van der Waals surface area contributed by atoms with Crippen molar-refractivity contribution in [3.05, 3.63) is 58.6 Å². The van der Waals surface area contributed by atoms with E-state index in [-0.39, 0.29) is 11.6 Å². The van der Waals surface area contributed by atoms with Gasteiger partial charge in [0.25, 0.3) is 5.91 Å². The third kappa shape index (κ3) is 5.13. The molecule has 2 rings (SSSR count). The minimum atomic E-state index is -0.324. The normalized spacial score (nSPS) is 11.0. The van der Waals surface area contributed by atoms with Gasteiger partial charge in [0.05, 0.1) is 14.2 Å². The summed E-state index contributed by atoms with van der Waals surface area (Å²) in [5, 5.41) is 7.25. The quantitative estimate of drug-likeness (QED) is 0.568. The Bertz CT molecular complexity index is 776. The molecule has 0 fully saturated rings. The third-order valence-electron chi connectivity index (χ3n) is 3.66. The second-order valence-electron chi connectivity index (χ2n) is 5.32. The van der Waals surface area contributed by atoms with Crippen molar-refractivity contribution in [2.24, 2.45) is 5.16 Å². The van der Waals surface area contributed by atoms with Gasteiger partial charge in [-0.3, -0.25) is 4.79 Å². The minimum Gasteiger partial charge on any atom is -0.493 e. The highest BCUT2D eigenvalue weighted by Gasteiger charge is 2.15. The van der Waals surface area contributed by atoms with Gasteiger partial charge in [0.2, 0.25) is 0 Å². The fraction of sp³-hybridized carbons (Fsp3) is 0.263. The number of oxime groups is 1.